The summed E-state index contributed by atoms with van der Waals surface area (Å²) in [4.78, 5) is 22.0. The van der Waals surface area contributed by atoms with Gasteiger partial charge in [0.05, 0.1) is 12.7 Å². The summed E-state index contributed by atoms with van der Waals surface area (Å²) < 4.78 is 4.44. The Balaban J connectivity index is 3.13. The molecule has 0 amide bonds. The Morgan fingerprint density at radius 2 is 2.00 bits per heavy atom. The van der Waals surface area contributed by atoms with Crippen molar-refractivity contribution in [1.82, 2.24) is 0 Å². The first-order valence-corrected chi connectivity index (χ1v) is 4.23. The quantitative estimate of drug-likeness (QED) is 0.710. The fourth-order valence-electron chi connectivity index (χ4n) is 1.22. The number of aromatic carboxylic acids is 1. The van der Waals surface area contributed by atoms with E-state index in [-0.39, 0.29) is 11.1 Å². The standard InChI is InChI=1S/C10H11NO4/c1-15-10(14)8(11)6-4-2-3-5-7(6)9(12)13/h2-5,8H,11H2,1H3,(H,12,13)/t8-/m1/s1. The number of ether oxygens (including phenoxy) is 1. The maximum Gasteiger partial charge on any atom is 0.336 e. The first-order valence-electron chi connectivity index (χ1n) is 4.23. The van der Waals surface area contributed by atoms with Crippen molar-refractivity contribution < 1.29 is 19.4 Å². The van der Waals surface area contributed by atoms with Gasteiger partial charge in [0.1, 0.15) is 6.04 Å². The first kappa shape index (κ1) is 11.2. The van der Waals surface area contributed by atoms with Gasteiger partial charge < -0.3 is 15.6 Å². The zero-order valence-electron chi connectivity index (χ0n) is 8.14. The second-order valence-electron chi connectivity index (χ2n) is 2.89. The van der Waals surface area contributed by atoms with E-state index in [0.29, 0.717) is 0 Å². The molecular formula is C10H11NO4. The van der Waals surface area contributed by atoms with Gasteiger partial charge in [0.2, 0.25) is 0 Å². The number of carbonyl (C=O) groups excluding carboxylic acids is 1. The van der Waals surface area contributed by atoms with Crippen LogP contribution < -0.4 is 5.73 Å². The third kappa shape index (κ3) is 2.32. The molecule has 0 saturated carbocycles. The Hall–Kier alpha value is -1.88. The monoisotopic (exact) mass is 209 g/mol. The van der Waals surface area contributed by atoms with Gasteiger partial charge in [-0.1, -0.05) is 18.2 Å². The number of methoxy groups -OCH3 is 1. The molecule has 15 heavy (non-hydrogen) atoms. The van der Waals surface area contributed by atoms with Crippen LogP contribution in [0, 0.1) is 0 Å². The molecular weight excluding hydrogens is 198 g/mol. The highest BCUT2D eigenvalue weighted by Crippen LogP contribution is 2.17. The van der Waals surface area contributed by atoms with E-state index in [2.05, 4.69) is 4.74 Å². The molecule has 0 unspecified atom stereocenters. The molecule has 1 atom stereocenters. The highest BCUT2D eigenvalue weighted by atomic mass is 16.5. The van der Waals surface area contributed by atoms with Gasteiger partial charge in [-0.3, -0.25) is 4.79 Å². The van der Waals surface area contributed by atoms with E-state index in [1.165, 1.54) is 19.2 Å². The largest absolute Gasteiger partial charge is 0.478 e. The molecule has 0 fully saturated rings. The smallest absolute Gasteiger partial charge is 0.336 e. The van der Waals surface area contributed by atoms with Crippen LogP contribution >= 0.6 is 0 Å². The molecule has 0 aliphatic carbocycles. The Labute approximate surface area is 86.5 Å². The SMILES string of the molecule is COC(=O)[C@H](N)c1ccccc1C(=O)O. The summed E-state index contributed by atoms with van der Waals surface area (Å²) in [7, 11) is 1.20. The third-order valence-corrected chi connectivity index (χ3v) is 1.98. The minimum Gasteiger partial charge on any atom is -0.478 e. The van der Waals surface area contributed by atoms with E-state index in [0.717, 1.165) is 0 Å². The van der Waals surface area contributed by atoms with Gasteiger partial charge in [-0.2, -0.15) is 0 Å². The highest BCUT2D eigenvalue weighted by Gasteiger charge is 2.21. The summed E-state index contributed by atoms with van der Waals surface area (Å²) in [5, 5.41) is 8.86. The summed E-state index contributed by atoms with van der Waals surface area (Å²) in [6, 6.07) is 5.00. The molecule has 0 bridgehead atoms. The topological polar surface area (TPSA) is 89.6 Å². The number of carboxylic acid groups (broad SMARTS) is 1. The van der Waals surface area contributed by atoms with E-state index < -0.39 is 18.0 Å². The molecule has 3 N–H and O–H groups in total. The molecule has 1 rings (SSSR count). The van der Waals surface area contributed by atoms with Crippen molar-refractivity contribution >= 4 is 11.9 Å². The van der Waals surface area contributed by atoms with E-state index >= 15 is 0 Å². The average molecular weight is 209 g/mol. The van der Waals surface area contributed by atoms with Gasteiger partial charge in [-0.05, 0) is 11.6 Å². The van der Waals surface area contributed by atoms with Crippen molar-refractivity contribution in [3.63, 3.8) is 0 Å². The van der Waals surface area contributed by atoms with Crippen molar-refractivity contribution in [2.75, 3.05) is 7.11 Å². The first-order chi connectivity index (χ1) is 7.07. The van der Waals surface area contributed by atoms with Gasteiger partial charge >= 0.3 is 11.9 Å². The van der Waals surface area contributed by atoms with Gasteiger partial charge in [-0.25, -0.2) is 4.79 Å². The minimum atomic E-state index is -1.12. The molecule has 5 nitrogen and oxygen atoms in total. The van der Waals surface area contributed by atoms with Crippen LogP contribution in [0.4, 0.5) is 0 Å². The van der Waals surface area contributed by atoms with Crippen LogP contribution in [0.3, 0.4) is 0 Å². The summed E-state index contributed by atoms with van der Waals surface area (Å²) in [5.74, 6) is -1.78. The average Bonchev–Trinajstić information content (AvgIpc) is 2.27. The normalized spacial score (nSPS) is 11.9. The van der Waals surface area contributed by atoms with Gasteiger partial charge in [-0.15, -0.1) is 0 Å². The summed E-state index contributed by atoms with van der Waals surface area (Å²) >= 11 is 0. The predicted molar refractivity (Wildman–Crippen MR) is 52.3 cm³/mol. The van der Waals surface area contributed by atoms with Crippen molar-refractivity contribution in [2.24, 2.45) is 5.73 Å². The zero-order valence-corrected chi connectivity index (χ0v) is 8.14. The number of benzene rings is 1. The molecule has 0 saturated heterocycles. The van der Waals surface area contributed by atoms with Crippen LogP contribution in [0.1, 0.15) is 22.0 Å². The zero-order chi connectivity index (χ0) is 11.4. The van der Waals surface area contributed by atoms with E-state index in [9.17, 15) is 9.59 Å². The third-order valence-electron chi connectivity index (χ3n) is 1.98. The van der Waals surface area contributed by atoms with Crippen LogP contribution in [0.25, 0.3) is 0 Å². The molecule has 0 aliphatic rings. The molecule has 0 aliphatic heterocycles. The minimum absolute atomic E-state index is 0.00963. The van der Waals surface area contributed by atoms with Crippen LogP contribution in [0.15, 0.2) is 24.3 Å². The summed E-state index contributed by atoms with van der Waals surface area (Å²) in [6.45, 7) is 0. The Kier molecular flexibility index (Phi) is 3.41. The molecule has 0 radical (unpaired) electrons. The number of carbonyl (C=O) groups is 2. The van der Waals surface area contributed by atoms with Gasteiger partial charge in [0.25, 0.3) is 0 Å². The summed E-state index contributed by atoms with van der Waals surface area (Å²) in [6.07, 6.45) is 0. The maximum atomic E-state index is 11.1. The fourth-order valence-corrected chi connectivity index (χ4v) is 1.22. The lowest BCUT2D eigenvalue weighted by atomic mass is 10.0. The fraction of sp³-hybridized carbons (Fsp3) is 0.200. The lowest BCUT2D eigenvalue weighted by Gasteiger charge is -2.11. The maximum absolute atomic E-state index is 11.1. The predicted octanol–water partition coefficient (Wildman–Crippen LogP) is 0.558. The second kappa shape index (κ2) is 4.56. The van der Waals surface area contributed by atoms with Crippen LogP contribution in [0.2, 0.25) is 0 Å². The second-order valence-corrected chi connectivity index (χ2v) is 2.89. The van der Waals surface area contributed by atoms with Crippen LogP contribution in [-0.2, 0) is 9.53 Å². The Bertz CT molecular complexity index is 389. The molecule has 0 spiro atoms. The summed E-state index contributed by atoms with van der Waals surface area (Å²) in [5.41, 5.74) is 5.81. The number of esters is 1. The molecule has 80 valence electrons. The molecule has 1 aromatic carbocycles. The van der Waals surface area contributed by atoms with Crippen molar-refractivity contribution in [1.29, 1.82) is 0 Å². The molecule has 5 heteroatoms. The van der Waals surface area contributed by atoms with E-state index in [4.69, 9.17) is 10.8 Å². The van der Waals surface area contributed by atoms with Crippen LogP contribution in [-0.4, -0.2) is 24.2 Å². The number of nitrogens with two attached hydrogens (primary N) is 1. The van der Waals surface area contributed by atoms with Crippen LogP contribution in [0.5, 0.6) is 0 Å². The lowest BCUT2D eigenvalue weighted by molar-refractivity contribution is -0.142. The van der Waals surface area contributed by atoms with Crippen molar-refractivity contribution in [3.05, 3.63) is 35.4 Å². The number of hydrogen-bond acceptors (Lipinski definition) is 4. The molecule has 0 heterocycles. The number of carboxylic acids is 1. The number of hydrogen-bond donors (Lipinski definition) is 2. The lowest BCUT2D eigenvalue weighted by Crippen LogP contribution is -2.24. The van der Waals surface area contributed by atoms with E-state index in [1.807, 2.05) is 0 Å². The van der Waals surface area contributed by atoms with Crippen molar-refractivity contribution in [3.8, 4) is 0 Å². The van der Waals surface area contributed by atoms with Gasteiger partial charge in [0, 0.05) is 0 Å². The number of rotatable bonds is 3. The Morgan fingerprint density at radius 1 is 1.40 bits per heavy atom. The highest BCUT2D eigenvalue weighted by molar-refractivity contribution is 5.92. The van der Waals surface area contributed by atoms with E-state index in [1.54, 1.807) is 12.1 Å². The van der Waals surface area contributed by atoms with Crippen molar-refractivity contribution in [2.45, 2.75) is 6.04 Å². The Morgan fingerprint density at radius 3 is 2.53 bits per heavy atom. The molecule has 1 aromatic rings. The van der Waals surface area contributed by atoms with Gasteiger partial charge in [0.15, 0.2) is 0 Å². The molecule has 0 aromatic heterocycles.